The second-order valence-electron chi connectivity index (χ2n) is 6.62. The molecule has 0 spiro atoms. The number of anilines is 1. The molecule has 5 nitrogen and oxygen atoms in total. The van der Waals surface area contributed by atoms with Gasteiger partial charge in [0.25, 0.3) is 11.8 Å². The summed E-state index contributed by atoms with van der Waals surface area (Å²) in [5.41, 5.74) is 4.01. The molecule has 27 heavy (non-hydrogen) atoms. The first kappa shape index (κ1) is 18.8. The predicted molar refractivity (Wildman–Crippen MR) is 105 cm³/mol. The summed E-state index contributed by atoms with van der Waals surface area (Å²) in [7, 11) is 0. The standard InChI is InChI=1S/C22H24N2O3/c1-3-15-9-7-10-16(4-2)20(15)23-19(25)13-8-14-24-21(26)17-11-5-6-12-18(17)22(24)27/h5-7,9-12H,3-4,8,13-14H2,1-2H3,(H,23,25). The molecule has 0 saturated heterocycles. The van der Waals surface area contributed by atoms with Crippen LogP contribution in [0.3, 0.4) is 0 Å². The van der Waals surface area contributed by atoms with E-state index in [1.54, 1.807) is 24.3 Å². The van der Waals surface area contributed by atoms with E-state index < -0.39 is 0 Å². The van der Waals surface area contributed by atoms with Crippen LogP contribution in [0.15, 0.2) is 42.5 Å². The summed E-state index contributed by atoms with van der Waals surface area (Å²) in [6, 6.07) is 12.9. The molecule has 1 heterocycles. The molecule has 0 unspecified atom stereocenters. The van der Waals surface area contributed by atoms with Crippen molar-refractivity contribution < 1.29 is 14.4 Å². The molecule has 3 rings (SSSR count). The highest BCUT2D eigenvalue weighted by Crippen LogP contribution is 2.24. The Kier molecular flexibility index (Phi) is 5.69. The number of amides is 3. The van der Waals surface area contributed by atoms with Crippen molar-refractivity contribution in [3.8, 4) is 0 Å². The molecule has 0 fully saturated rings. The van der Waals surface area contributed by atoms with Crippen LogP contribution >= 0.6 is 0 Å². The molecule has 1 aliphatic rings. The van der Waals surface area contributed by atoms with Gasteiger partial charge in [0.15, 0.2) is 0 Å². The van der Waals surface area contributed by atoms with Crippen LogP contribution in [0.2, 0.25) is 0 Å². The number of fused-ring (bicyclic) bond motifs is 1. The summed E-state index contributed by atoms with van der Waals surface area (Å²) in [4.78, 5) is 38.3. The zero-order valence-corrected chi connectivity index (χ0v) is 15.7. The molecule has 3 amide bonds. The largest absolute Gasteiger partial charge is 0.326 e. The molecule has 5 heteroatoms. The Balaban J connectivity index is 1.59. The van der Waals surface area contributed by atoms with E-state index in [2.05, 4.69) is 19.2 Å². The Morgan fingerprint density at radius 3 is 1.96 bits per heavy atom. The van der Waals surface area contributed by atoms with Crippen LogP contribution in [0.5, 0.6) is 0 Å². The van der Waals surface area contributed by atoms with E-state index >= 15 is 0 Å². The van der Waals surface area contributed by atoms with Crippen molar-refractivity contribution in [2.45, 2.75) is 39.5 Å². The average Bonchev–Trinajstić information content (AvgIpc) is 2.93. The van der Waals surface area contributed by atoms with Gasteiger partial charge in [-0.05, 0) is 42.5 Å². The van der Waals surface area contributed by atoms with Gasteiger partial charge in [0.05, 0.1) is 11.1 Å². The third kappa shape index (κ3) is 3.77. The van der Waals surface area contributed by atoms with E-state index in [-0.39, 0.29) is 30.7 Å². The SMILES string of the molecule is CCc1cccc(CC)c1NC(=O)CCCN1C(=O)c2ccccc2C1=O. The van der Waals surface area contributed by atoms with Crippen molar-refractivity contribution in [3.05, 3.63) is 64.7 Å². The van der Waals surface area contributed by atoms with Gasteiger partial charge in [-0.25, -0.2) is 0 Å². The van der Waals surface area contributed by atoms with Gasteiger partial charge in [-0.1, -0.05) is 44.2 Å². The Bertz CT molecular complexity index is 832. The monoisotopic (exact) mass is 364 g/mol. The van der Waals surface area contributed by atoms with E-state index in [1.807, 2.05) is 18.2 Å². The molecule has 0 atom stereocenters. The molecule has 0 bridgehead atoms. The zero-order chi connectivity index (χ0) is 19.4. The van der Waals surface area contributed by atoms with Crippen LogP contribution in [0, 0.1) is 0 Å². The Morgan fingerprint density at radius 1 is 0.889 bits per heavy atom. The lowest BCUT2D eigenvalue weighted by molar-refractivity contribution is -0.116. The molecular weight excluding hydrogens is 340 g/mol. The van der Waals surface area contributed by atoms with E-state index in [0.717, 1.165) is 29.7 Å². The van der Waals surface area contributed by atoms with Crippen molar-refractivity contribution in [2.24, 2.45) is 0 Å². The van der Waals surface area contributed by atoms with Crippen molar-refractivity contribution in [3.63, 3.8) is 0 Å². The van der Waals surface area contributed by atoms with E-state index in [1.165, 1.54) is 4.90 Å². The number of benzene rings is 2. The Hall–Kier alpha value is -2.95. The lowest BCUT2D eigenvalue weighted by Gasteiger charge is -2.16. The number of rotatable bonds is 7. The quantitative estimate of drug-likeness (QED) is 0.760. The maximum absolute atomic E-state index is 12.4. The van der Waals surface area contributed by atoms with Gasteiger partial charge in [0.2, 0.25) is 5.91 Å². The third-order valence-corrected chi connectivity index (χ3v) is 4.93. The summed E-state index contributed by atoms with van der Waals surface area (Å²) in [5.74, 6) is -0.650. The first-order valence-electron chi connectivity index (χ1n) is 9.42. The molecule has 1 N–H and O–H groups in total. The first-order valence-corrected chi connectivity index (χ1v) is 9.42. The molecule has 1 aliphatic heterocycles. The summed E-state index contributed by atoms with van der Waals surface area (Å²) in [5, 5.41) is 3.02. The van der Waals surface area contributed by atoms with Crippen molar-refractivity contribution in [2.75, 3.05) is 11.9 Å². The number of hydrogen-bond donors (Lipinski definition) is 1. The molecule has 140 valence electrons. The van der Waals surface area contributed by atoms with Crippen LogP contribution < -0.4 is 5.32 Å². The lowest BCUT2D eigenvalue weighted by atomic mass is 10.0. The van der Waals surface area contributed by atoms with Crippen LogP contribution in [-0.2, 0) is 17.6 Å². The molecule has 2 aromatic carbocycles. The fourth-order valence-electron chi connectivity index (χ4n) is 3.44. The van der Waals surface area contributed by atoms with E-state index in [0.29, 0.717) is 17.5 Å². The maximum atomic E-state index is 12.4. The van der Waals surface area contributed by atoms with Crippen molar-refractivity contribution in [1.29, 1.82) is 0 Å². The van der Waals surface area contributed by atoms with Gasteiger partial charge in [0, 0.05) is 18.7 Å². The predicted octanol–water partition coefficient (Wildman–Crippen LogP) is 3.83. The fraction of sp³-hybridized carbons (Fsp3) is 0.318. The molecule has 0 radical (unpaired) electrons. The maximum Gasteiger partial charge on any atom is 0.261 e. The van der Waals surface area contributed by atoms with Gasteiger partial charge >= 0.3 is 0 Å². The van der Waals surface area contributed by atoms with Gasteiger partial charge in [-0.3, -0.25) is 19.3 Å². The van der Waals surface area contributed by atoms with Crippen molar-refractivity contribution >= 4 is 23.4 Å². The van der Waals surface area contributed by atoms with Gasteiger partial charge in [-0.2, -0.15) is 0 Å². The molecule has 2 aromatic rings. The highest BCUT2D eigenvalue weighted by molar-refractivity contribution is 6.21. The Labute approximate surface area is 159 Å². The lowest BCUT2D eigenvalue weighted by Crippen LogP contribution is -2.31. The molecule has 0 aromatic heterocycles. The zero-order valence-electron chi connectivity index (χ0n) is 15.7. The number of carbonyl (C=O) groups excluding carboxylic acids is 3. The number of para-hydroxylation sites is 1. The summed E-state index contributed by atoms with van der Waals surface area (Å²) >= 11 is 0. The molecular formula is C22H24N2O3. The topological polar surface area (TPSA) is 66.5 Å². The van der Waals surface area contributed by atoms with Gasteiger partial charge in [0.1, 0.15) is 0 Å². The molecule has 0 aliphatic carbocycles. The number of carbonyl (C=O) groups is 3. The first-order chi connectivity index (χ1) is 13.1. The number of aryl methyl sites for hydroxylation is 2. The Morgan fingerprint density at radius 2 is 1.44 bits per heavy atom. The van der Waals surface area contributed by atoms with Crippen LogP contribution in [0.1, 0.15) is 58.5 Å². The minimum Gasteiger partial charge on any atom is -0.326 e. The minimum absolute atomic E-state index is 0.0952. The smallest absolute Gasteiger partial charge is 0.261 e. The average molecular weight is 364 g/mol. The molecule has 0 saturated carbocycles. The second kappa shape index (κ2) is 8.16. The fourth-order valence-corrected chi connectivity index (χ4v) is 3.44. The van der Waals surface area contributed by atoms with Crippen molar-refractivity contribution in [1.82, 2.24) is 4.90 Å². The second-order valence-corrected chi connectivity index (χ2v) is 6.62. The summed E-state index contributed by atoms with van der Waals surface area (Å²) < 4.78 is 0. The van der Waals surface area contributed by atoms with Crippen LogP contribution in [0.4, 0.5) is 5.69 Å². The van der Waals surface area contributed by atoms with Crippen LogP contribution in [0.25, 0.3) is 0 Å². The van der Waals surface area contributed by atoms with E-state index in [4.69, 9.17) is 0 Å². The summed E-state index contributed by atoms with van der Waals surface area (Å²) in [6.07, 6.45) is 2.39. The van der Waals surface area contributed by atoms with Gasteiger partial charge < -0.3 is 5.32 Å². The van der Waals surface area contributed by atoms with E-state index in [9.17, 15) is 14.4 Å². The number of hydrogen-bond acceptors (Lipinski definition) is 3. The number of nitrogens with one attached hydrogen (secondary N) is 1. The highest BCUT2D eigenvalue weighted by Gasteiger charge is 2.34. The van der Waals surface area contributed by atoms with Gasteiger partial charge in [-0.15, -0.1) is 0 Å². The normalized spacial score (nSPS) is 13.0. The number of imide groups is 1. The summed E-state index contributed by atoms with van der Waals surface area (Å²) in [6.45, 7) is 4.37. The minimum atomic E-state index is -0.277. The highest BCUT2D eigenvalue weighted by atomic mass is 16.2. The third-order valence-electron chi connectivity index (χ3n) is 4.93. The van der Waals surface area contributed by atoms with Crippen LogP contribution in [-0.4, -0.2) is 29.2 Å². The number of nitrogens with zero attached hydrogens (tertiary/aromatic N) is 1.